The summed E-state index contributed by atoms with van der Waals surface area (Å²) in [5.74, 6) is 2.12. The number of thioether (sulfide) groups is 1. The van der Waals surface area contributed by atoms with Gasteiger partial charge in [0, 0.05) is 35.0 Å². The van der Waals surface area contributed by atoms with E-state index in [4.69, 9.17) is 4.42 Å². The molecule has 3 aromatic carbocycles. The number of nitrogens with zero attached hydrogens (tertiary/aromatic N) is 1. The quantitative estimate of drug-likeness (QED) is 0.300. The molecule has 0 amide bonds. The predicted molar refractivity (Wildman–Crippen MR) is 143 cm³/mol. The lowest BCUT2D eigenvalue weighted by atomic mass is 9.93. The lowest BCUT2D eigenvalue weighted by molar-refractivity contribution is 0.266. The summed E-state index contributed by atoms with van der Waals surface area (Å²) in [4.78, 5) is 3.95. The Hall–Kier alpha value is -2.75. The van der Waals surface area contributed by atoms with Gasteiger partial charge in [-0.2, -0.15) is 0 Å². The zero-order valence-electron chi connectivity index (χ0n) is 19.8. The molecule has 1 unspecified atom stereocenters. The summed E-state index contributed by atoms with van der Waals surface area (Å²) in [5, 5.41) is 1.21. The van der Waals surface area contributed by atoms with Gasteiger partial charge in [0.05, 0.1) is 0 Å². The third-order valence-electron chi connectivity index (χ3n) is 7.38. The minimum atomic E-state index is 0.710. The fraction of sp³-hybridized carbons (Fsp3) is 0.290. The number of hydrogen-bond acceptors (Lipinski definition) is 3. The molecule has 1 aromatic heterocycles. The van der Waals surface area contributed by atoms with Crippen molar-refractivity contribution < 1.29 is 4.42 Å². The molecule has 3 heteroatoms. The van der Waals surface area contributed by atoms with Gasteiger partial charge < -0.3 is 9.32 Å². The molecule has 0 bridgehead atoms. The van der Waals surface area contributed by atoms with E-state index in [0.29, 0.717) is 6.04 Å². The zero-order chi connectivity index (χ0) is 22.9. The van der Waals surface area contributed by atoms with Gasteiger partial charge in [-0.15, -0.1) is 11.8 Å². The number of hydrogen-bond donors (Lipinski definition) is 0. The molecule has 1 atom stereocenters. The van der Waals surface area contributed by atoms with Crippen LogP contribution in [0.15, 0.2) is 88.2 Å². The van der Waals surface area contributed by atoms with E-state index < -0.39 is 0 Å². The van der Waals surface area contributed by atoms with Gasteiger partial charge in [0.1, 0.15) is 11.3 Å². The topological polar surface area (TPSA) is 16.4 Å². The highest BCUT2D eigenvalue weighted by atomic mass is 32.2. The molecule has 4 aromatic rings. The standard InChI is InChI=1S/C31H31NOS/c1-22-7-6-17-32(22)18-16-26-20-24-14-12-23(19-30(24)33-26)13-15-28-27-9-3-2-8-25(27)21-34-31-11-5-4-10-29(28)31/h2-5,8-12,14-15,19-20,22H,6-7,13,16-18,21H2,1H3/b28-15-. The lowest BCUT2D eigenvalue weighted by Crippen LogP contribution is -2.28. The maximum Gasteiger partial charge on any atom is 0.134 e. The second kappa shape index (κ2) is 9.48. The Bertz CT molecular complexity index is 1300. The Balaban J connectivity index is 1.26. The summed E-state index contributed by atoms with van der Waals surface area (Å²) in [6, 6.07) is 27.3. The molecule has 172 valence electrons. The van der Waals surface area contributed by atoms with Crippen molar-refractivity contribution in [3.05, 3.63) is 107 Å². The third kappa shape index (κ3) is 4.35. The first-order chi connectivity index (χ1) is 16.7. The second-order valence-electron chi connectivity index (χ2n) is 9.63. The van der Waals surface area contributed by atoms with Crippen LogP contribution in [-0.2, 0) is 18.6 Å². The van der Waals surface area contributed by atoms with Crippen LogP contribution < -0.4 is 0 Å². The van der Waals surface area contributed by atoms with Crippen LogP contribution in [0.4, 0.5) is 0 Å². The predicted octanol–water partition coefficient (Wildman–Crippen LogP) is 7.74. The van der Waals surface area contributed by atoms with E-state index in [0.717, 1.165) is 36.5 Å². The first-order valence-electron chi connectivity index (χ1n) is 12.5. The first-order valence-corrected chi connectivity index (χ1v) is 13.5. The van der Waals surface area contributed by atoms with E-state index in [9.17, 15) is 0 Å². The van der Waals surface area contributed by atoms with Crippen molar-refractivity contribution in [1.82, 2.24) is 4.90 Å². The third-order valence-corrected chi connectivity index (χ3v) is 8.50. The number of fused-ring (bicyclic) bond motifs is 3. The molecule has 1 fully saturated rings. The maximum atomic E-state index is 6.28. The summed E-state index contributed by atoms with van der Waals surface area (Å²) >= 11 is 1.94. The van der Waals surface area contributed by atoms with Gasteiger partial charge in [-0.05, 0) is 78.8 Å². The van der Waals surface area contributed by atoms with Crippen molar-refractivity contribution in [3.63, 3.8) is 0 Å². The van der Waals surface area contributed by atoms with Gasteiger partial charge in [0.15, 0.2) is 0 Å². The molecule has 0 aliphatic carbocycles. The van der Waals surface area contributed by atoms with Crippen LogP contribution in [-0.4, -0.2) is 24.0 Å². The first kappa shape index (κ1) is 21.8. The van der Waals surface area contributed by atoms with Crippen molar-refractivity contribution in [3.8, 4) is 0 Å². The number of rotatable bonds is 5. The zero-order valence-corrected chi connectivity index (χ0v) is 20.6. The van der Waals surface area contributed by atoms with Crippen molar-refractivity contribution in [2.75, 3.05) is 13.1 Å². The van der Waals surface area contributed by atoms with Crippen LogP contribution >= 0.6 is 11.8 Å². The average molecular weight is 466 g/mol. The van der Waals surface area contributed by atoms with E-state index in [1.807, 2.05) is 11.8 Å². The van der Waals surface area contributed by atoms with E-state index >= 15 is 0 Å². The van der Waals surface area contributed by atoms with Gasteiger partial charge in [-0.1, -0.05) is 60.7 Å². The maximum absolute atomic E-state index is 6.28. The molecule has 0 N–H and O–H groups in total. The molecule has 0 radical (unpaired) electrons. The smallest absolute Gasteiger partial charge is 0.134 e. The summed E-state index contributed by atoms with van der Waals surface area (Å²) in [7, 11) is 0. The summed E-state index contributed by atoms with van der Waals surface area (Å²) < 4.78 is 6.28. The molecule has 34 heavy (non-hydrogen) atoms. The van der Waals surface area contributed by atoms with Crippen molar-refractivity contribution in [2.45, 2.75) is 49.3 Å². The highest BCUT2D eigenvalue weighted by Gasteiger charge is 2.20. The Kier molecular flexibility index (Phi) is 6.07. The molecule has 3 heterocycles. The Morgan fingerprint density at radius 2 is 1.85 bits per heavy atom. The normalized spacial score (nSPS) is 19.3. The second-order valence-corrected chi connectivity index (χ2v) is 10.6. The van der Waals surface area contributed by atoms with E-state index in [1.54, 1.807) is 0 Å². The van der Waals surface area contributed by atoms with Crippen LogP contribution in [0, 0.1) is 0 Å². The van der Waals surface area contributed by atoms with Crippen molar-refractivity contribution in [1.29, 1.82) is 0 Å². The van der Waals surface area contributed by atoms with Crippen LogP contribution in [0.25, 0.3) is 16.5 Å². The lowest BCUT2D eigenvalue weighted by Gasteiger charge is -2.19. The highest BCUT2D eigenvalue weighted by molar-refractivity contribution is 7.98. The van der Waals surface area contributed by atoms with E-state index in [1.165, 1.54) is 57.5 Å². The molecule has 1 saturated heterocycles. The number of furan rings is 1. The largest absolute Gasteiger partial charge is 0.461 e. The monoisotopic (exact) mass is 465 g/mol. The highest BCUT2D eigenvalue weighted by Crippen LogP contribution is 2.40. The molecule has 2 aliphatic heterocycles. The number of allylic oxidation sites excluding steroid dienone is 1. The van der Waals surface area contributed by atoms with Gasteiger partial charge >= 0.3 is 0 Å². The van der Waals surface area contributed by atoms with Crippen LogP contribution in [0.3, 0.4) is 0 Å². The molecular weight excluding hydrogens is 434 g/mol. The number of likely N-dealkylation sites (tertiary alicyclic amines) is 1. The minimum absolute atomic E-state index is 0.710. The van der Waals surface area contributed by atoms with Gasteiger partial charge in [0.25, 0.3) is 0 Å². The summed E-state index contributed by atoms with van der Waals surface area (Å²) in [6.07, 6.45) is 6.94. The Morgan fingerprint density at radius 3 is 2.74 bits per heavy atom. The number of benzene rings is 3. The van der Waals surface area contributed by atoms with Gasteiger partial charge in [-0.3, -0.25) is 0 Å². The van der Waals surface area contributed by atoms with Crippen LogP contribution in [0.5, 0.6) is 0 Å². The minimum Gasteiger partial charge on any atom is -0.461 e. The molecule has 0 spiro atoms. The molecule has 2 aliphatic rings. The van der Waals surface area contributed by atoms with E-state index in [-0.39, 0.29) is 0 Å². The Morgan fingerprint density at radius 1 is 1.00 bits per heavy atom. The molecule has 6 rings (SSSR count). The van der Waals surface area contributed by atoms with Crippen LogP contribution in [0.1, 0.15) is 47.8 Å². The molecular formula is C31H31NOS. The fourth-order valence-corrected chi connectivity index (χ4v) is 6.49. The van der Waals surface area contributed by atoms with Crippen molar-refractivity contribution >= 4 is 28.3 Å². The van der Waals surface area contributed by atoms with Crippen molar-refractivity contribution in [2.24, 2.45) is 0 Å². The SMILES string of the molecule is CC1CCCN1CCc1cc2ccc(C/C=C3/c4ccccc4CSc4ccccc43)cc2o1. The Labute approximate surface area is 206 Å². The summed E-state index contributed by atoms with van der Waals surface area (Å²) in [5.41, 5.74) is 7.76. The molecule has 0 saturated carbocycles. The molecule has 2 nitrogen and oxygen atoms in total. The fourth-order valence-electron chi connectivity index (χ4n) is 5.42. The van der Waals surface area contributed by atoms with Crippen LogP contribution in [0.2, 0.25) is 0 Å². The summed E-state index contributed by atoms with van der Waals surface area (Å²) in [6.45, 7) is 4.66. The average Bonchev–Trinajstić information content (AvgIpc) is 3.43. The van der Waals surface area contributed by atoms with Gasteiger partial charge in [0.2, 0.25) is 0 Å². The van der Waals surface area contributed by atoms with E-state index in [2.05, 4.69) is 90.7 Å². The van der Waals surface area contributed by atoms with Gasteiger partial charge in [-0.25, -0.2) is 0 Å².